The smallest absolute Gasteiger partial charge is 0.280 e. The molecule has 0 atom stereocenters. The molecule has 0 spiro atoms. The number of ether oxygens (including phenoxy) is 1. The van der Waals surface area contributed by atoms with E-state index >= 15 is 0 Å². The number of rotatable bonds is 8. The molecule has 0 aliphatic carbocycles. The van der Waals surface area contributed by atoms with Crippen LogP contribution in [0.25, 0.3) is 0 Å². The second-order valence-corrected chi connectivity index (χ2v) is 3.97. The van der Waals surface area contributed by atoms with Gasteiger partial charge in [0, 0.05) is 12.6 Å². The first-order valence-corrected chi connectivity index (χ1v) is 6.21. The van der Waals surface area contributed by atoms with Crippen LogP contribution in [0, 0.1) is 10.1 Å². The molecule has 19 heavy (non-hydrogen) atoms. The molecule has 0 heterocycles. The number of carbonyl (C=O) groups is 1. The van der Waals surface area contributed by atoms with Crippen LogP contribution in [0.4, 0.5) is 5.69 Å². The molecule has 1 aromatic carbocycles. The molecule has 0 amide bonds. The summed E-state index contributed by atoms with van der Waals surface area (Å²) in [6.45, 7) is 7.29. The van der Waals surface area contributed by atoms with Crippen molar-refractivity contribution in [3.05, 3.63) is 33.9 Å². The third kappa shape index (κ3) is 4.33. The van der Waals surface area contributed by atoms with Gasteiger partial charge in [0.05, 0.1) is 10.5 Å². The van der Waals surface area contributed by atoms with Crippen LogP contribution in [-0.4, -0.2) is 42.4 Å². The standard InChI is InChI=1S/C13H18N2O4/c1-3-14(4-2)7-8-19-12-5-6-13(15(17)18)11(9-12)10-16/h5-6,9-10H,3-4,7-8H2,1-2H3. The number of aldehydes is 1. The van der Waals surface area contributed by atoms with Gasteiger partial charge in [-0.05, 0) is 25.2 Å². The van der Waals surface area contributed by atoms with Gasteiger partial charge in [-0.3, -0.25) is 14.9 Å². The Hall–Kier alpha value is -1.95. The highest BCUT2D eigenvalue weighted by molar-refractivity contribution is 5.82. The Kier molecular flexibility index (Phi) is 5.95. The molecule has 0 saturated heterocycles. The number of nitro groups is 1. The third-order valence-corrected chi connectivity index (χ3v) is 2.89. The molecule has 104 valence electrons. The summed E-state index contributed by atoms with van der Waals surface area (Å²) in [5.41, 5.74) is -0.170. The van der Waals surface area contributed by atoms with Crippen molar-refractivity contribution in [1.29, 1.82) is 0 Å². The van der Waals surface area contributed by atoms with Crippen LogP contribution in [0.1, 0.15) is 24.2 Å². The molecule has 1 rings (SSSR count). The molecule has 0 saturated carbocycles. The zero-order valence-corrected chi connectivity index (χ0v) is 11.2. The van der Waals surface area contributed by atoms with E-state index < -0.39 is 4.92 Å². The minimum atomic E-state index is -0.580. The SMILES string of the molecule is CCN(CC)CCOc1ccc([N+](=O)[O-])c(C=O)c1. The van der Waals surface area contributed by atoms with E-state index in [1.165, 1.54) is 18.2 Å². The molecule has 0 aliphatic rings. The maximum atomic E-state index is 10.8. The summed E-state index contributed by atoms with van der Waals surface area (Å²) in [6, 6.07) is 4.19. The largest absolute Gasteiger partial charge is 0.492 e. The van der Waals surface area contributed by atoms with Gasteiger partial charge in [-0.2, -0.15) is 0 Å². The van der Waals surface area contributed by atoms with Crippen molar-refractivity contribution in [2.75, 3.05) is 26.2 Å². The van der Waals surface area contributed by atoms with Gasteiger partial charge < -0.3 is 9.64 Å². The third-order valence-electron chi connectivity index (χ3n) is 2.89. The topological polar surface area (TPSA) is 72.7 Å². The molecular formula is C13H18N2O4. The summed E-state index contributed by atoms with van der Waals surface area (Å²) in [6.07, 6.45) is 0.468. The van der Waals surface area contributed by atoms with E-state index in [2.05, 4.69) is 18.7 Å². The molecule has 0 unspecified atom stereocenters. The molecule has 0 aromatic heterocycles. The molecule has 0 aliphatic heterocycles. The van der Waals surface area contributed by atoms with Gasteiger partial charge in [0.25, 0.3) is 5.69 Å². The molecule has 6 heteroatoms. The Balaban J connectivity index is 2.65. The van der Waals surface area contributed by atoms with E-state index in [4.69, 9.17) is 4.74 Å². The lowest BCUT2D eigenvalue weighted by atomic mass is 10.2. The fourth-order valence-corrected chi connectivity index (χ4v) is 1.72. The average Bonchev–Trinajstić information content (AvgIpc) is 2.43. The van der Waals surface area contributed by atoms with Gasteiger partial charge in [0.15, 0.2) is 6.29 Å². The van der Waals surface area contributed by atoms with Crippen LogP contribution in [0.15, 0.2) is 18.2 Å². The van der Waals surface area contributed by atoms with Crippen molar-refractivity contribution >= 4 is 12.0 Å². The van der Waals surface area contributed by atoms with Gasteiger partial charge in [-0.15, -0.1) is 0 Å². The summed E-state index contributed by atoms with van der Waals surface area (Å²) < 4.78 is 5.49. The van der Waals surface area contributed by atoms with Crippen LogP contribution < -0.4 is 4.74 Å². The second-order valence-electron chi connectivity index (χ2n) is 3.97. The van der Waals surface area contributed by atoms with E-state index in [-0.39, 0.29) is 11.3 Å². The van der Waals surface area contributed by atoms with Crippen molar-refractivity contribution in [2.45, 2.75) is 13.8 Å². The first-order valence-electron chi connectivity index (χ1n) is 6.21. The normalized spacial score (nSPS) is 10.5. The number of hydrogen-bond acceptors (Lipinski definition) is 5. The van der Waals surface area contributed by atoms with E-state index in [0.717, 1.165) is 19.6 Å². The molecule has 0 fully saturated rings. The molecule has 0 radical (unpaired) electrons. The predicted octanol–water partition coefficient (Wildman–Crippen LogP) is 2.13. The van der Waals surface area contributed by atoms with Crippen LogP contribution in [0.5, 0.6) is 5.75 Å². The Morgan fingerprint density at radius 1 is 1.37 bits per heavy atom. The zero-order chi connectivity index (χ0) is 14.3. The number of nitro benzene ring substituents is 1. The highest BCUT2D eigenvalue weighted by Gasteiger charge is 2.13. The minimum Gasteiger partial charge on any atom is -0.492 e. The van der Waals surface area contributed by atoms with Gasteiger partial charge in [-0.25, -0.2) is 0 Å². The highest BCUT2D eigenvalue weighted by Crippen LogP contribution is 2.22. The van der Waals surface area contributed by atoms with E-state index in [0.29, 0.717) is 18.6 Å². The fraction of sp³-hybridized carbons (Fsp3) is 0.462. The van der Waals surface area contributed by atoms with Crippen molar-refractivity contribution in [1.82, 2.24) is 4.90 Å². The number of hydrogen-bond donors (Lipinski definition) is 0. The van der Waals surface area contributed by atoms with E-state index in [9.17, 15) is 14.9 Å². The first kappa shape index (κ1) is 15.1. The minimum absolute atomic E-state index is 0.0327. The number of benzene rings is 1. The summed E-state index contributed by atoms with van der Waals surface area (Å²) >= 11 is 0. The molecule has 0 N–H and O–H groups in total. The molecular weight excluding hydrogens is 248 g/mol. The maximum Gasteiger partial charge on any atom is 0.280 e. The van der Waals surface area contributed by atoms with E-state index in [1.807, 2.05) is 0 Å². The van der Waals surface area contributed by atoms with Crippen LogP contribution in [-0.2, 0) is 0 Å². The Labute approximate surface area is 112 Å². The lowest BCUT2D eigenvalue weighted by Crippen LogP contribution is -2.27. The molecule has 0 bridgehead atoms. The quantitative estimate of drug-likeness (QED) is 0.409. The number of nitrogens with zero attached hydrogens (tertiary/aromatic N) is 2. The fourth-order valence-electron chi connectivity index (χ4n) is 1.72. The average molecular weight is 266 g/mol. The molecule has 1 aromatic rings. The number of carbonyl (C=O) groups excluding carboxylic acids is 1. The second kappa shape index (κ2) is 7.48. The Morgan fingerprint density at radius 2 is 2.05 bits per heavy atom. The van der Waals surface area contributed by atoms with Crippen LogP contribution in [0.2, 0.25) is 0 Å². The summed E-state index contributed by atoms with van der Waals surface area (Å²) in [7, 11) is 0. The predicted molar refractivity (Wildman–Crippen MR) is 71.8 cm³/mol. The summed E-state index contributed by atoms with van der Waals surface area (Å²) in [5.74, 6) is 0.472. The van der Waals surface area contributed by atoms with Crippen LogP contribution >= 0.6 is 0 Å². The monoisotopic (exact) mass is 266 g/mol. The summed E-state index contributed by atoms with van der Waals surface area (Å²) in [5, 5.41) is 10.7. The first-order chi connectivity index (χ1) is 9.12. The molecule has 6 nitrogen and oxygen atoms in total. The Bertz CT molecular complexity index is 444. The zero-order valence-electron chi connectivity index (χ0n) is 11.2. The lowest BCUT2D eigenvalue weighted by Gasteiger charge is -2.18. The van der Waals surface area contributed by atoms with Gasteiger partial charge in [0.1, 0.15) is 12.4 Å². The van der Waals surface area contributed by atoms with Crippen molar-refractivity contribution in [2.24, 2.45) is 0 Å². The van der Waals surface area contributed by atoms with Gasteiger partial charge in [0.2, 0.25) is 0 Å². The maximum absolute atomic E-state index is 10.8. The van der Waals surface area contributed by atoms with Crippen molar-refractivity contribution in [3.8, 4) is 5.75 Å². The summed E-state index contributed by atoms with van der Waals surface area (Å²) in [4.78, 5) is 23.1. The van der Waals surface area contributed by atoms with Gasteiger partial charge >= 0.3 is 0 Å². The van der Waals surface area contributed by atoms with Crippen molar-refractivity contribution < 1.29 is 14.5 Å². The van der Waals surface area contributed by atoms with Crippen LogP contribution in [0.3, 0.4) is 0 Å². The highest BCUT2D eigenvalue weighted by atomic mass is 16.6. The Morgan fingerprint density at radius 3 is 2.58 bits per heavy atom. The van der Waals surface area contributed by atoms with Crippen molar-refractivity contribution in [3.63, 3.8) is 0 Å². The van der Waals surface area contributed by atoms with E-state index in [1.54, 1.807) is 0 Å². The van der Waals surface area contributed by atoms with Gasteiger partial charge in [-0.1, -0.05) is 13.8 Å². The lowest BCUT2D eigenvalue weighted by molar-refractivity contribution is -0.385. The number of likely N-dealkylation sites (N-methyl/N-ethyl adjacent to an activating group) is 1.